The van der Waals surface area contributed by atoms with E-state index in [0.29, 0.717) is 11.1 Å². The summed E-state index contributed by atoms with van der Waals surface area (Å²) in [7, 11) is 0. The van der Waals surface area contributed by atoms with Crippen molar-refractivity contribution in [2.45, 2.75) is 25.8 Å². The molecule has 1 unspecified atom stereocenters. The molecule has 0 spiro atoms. The second kappa shape index (κ2) is 3.79. The second-order valence-electron chi connectivity index (χ2n) is 3.78. The highest BCUT2D eigenvalue weighted by molar-refractivity contribution is 6.33. The Kier molecular flexibility index (Phi) is 2.66. The van der Waals surface area contributed by atoms with Gasteiger partial charge in [-0.05, 0) is 37.4 Å². The minimum atomic E-state index is 0.220. The molecular formula is C11H14ClNO. The summed E-state index contributed by atoms with van der Waals surface area (Å²) in [5.74, 6) is 0.220. The number of rotatable bonds is 1. The maximum Gasteiger partial charge on any atom is 0.137 e. The van der Waals surface area contributed by atoms with Gasteiger partial charge in [0.1, 0.15) is 5.75 Å². The molecule has 1 fully saturated rings. The first-order valence-electron chi connectivity index (χ1n) is 4.91. The Morgan fingerprint density at radius 1 is 1.50 bits per heavy atom. The van der Waals surface area contributed by atoms with Crippen molar-refractivity contribution < 1.29 is 5.11 Å². The highest BCUT2D eigenvalue weighted by Gasteiger charge is 2.20. The van der Waals surface area contributed by atoms with Gasteiger partial charge in [-0.2, -0.15) is 0 Å². The van der Waals surface area contributed by atoms with Crippen molar-refractivity contribution in [3.63, 3.8) is 0 Å². The Balaban J connectivity index is 2.38. The summed E-state index contributed by atoms with van der Waals surface area (Å²) in [6.07, 6.45) is 2.28. The van der Waals surface area contributed by atoms with Gasteiger partial charge in [-0.3, -0.25) is 0 Å². The number of hydrogen-bond donors (Lipinski definition) is 2. The van der Waals surface area contributed by atoms with Crippen molar-refractivity contribution >= 4 is 11.6 Å². The van der Waals surface area contributed by atoms with Gasteiger partial charge in [0.2, 0.25) is 0 Å². The van der Waals surface area contributed by atoms with Gasteiger partial charge in [0.15, 0.2) is 0 Å². The zero-order valence-electron chi connectivity index (χ0n) is 8.18. The largest absolute Gasteiger partial charge is 0.506 e. The van der Waals surface area contributed by atoms with E-state index in [-0.39, 0.29) is 5.75 Å². The molecule has 76 valence electrons. The van der Waals surface area contributed by atoms with Gasteiger partial charge >= 0.3 is 0 Å². The first-order chi connectivity index (χ1) is 6.70. The van der Waals surface area contributed by atoms with Crippen LogP contribution in [0.15, 0.2) is 12.1 Å². The first kappa shape index (κ1) is 9.81. The molecule has 1 saturated heterocycles. The summed E-state index contributed by atoms with van der Waals surface area (Å²) in [5, 5.41) is 13.6. The minimum absolute atomic E-state index is 0.220. The fraction of sp³-hybridized carbons (Fsp3) is 0.455. The van der Waals surface area contributed by atoms with Crippen LogP contribution in [0.4, 0.5) is 0 Å². The molecule has 2 rings (SSSR count). The fourth-order valence-electron chi connectivity index (χ4n) is 1.90. The van der Waals surface area contributed by atoms with Crippen LogP contribution in [-0.2, 0) is 0 Å². The number of hydrogen-bond acceptors (Lipinski definition) is 2. The molecule has 1 aliphatic heterocycles. The lowest BCUT2D eigenvalue weighted by Crippen LogP contribution is -2.13. The third kappa shape index (κ3) is 1.60. The van der Waals surface area contributed by atoms with E-state index in [4.69, 9.17) is 11.6 Å². The van der Waals surface area contributed by atoms with Crippen molar-refractivity contribution in [3.05, 3.63) is 28.3 Å². The third-order valence-corrected chi connectivity index (χ3v) is 3.18. The normalized spacial score (nSPS) is 21.4. The van der Waals surface area contributed by atoms with E-state index in [1.807, 2.05) is 19.1 Å². The van der Waals surface area contributed by atoms with E-state index in [9.17, 15) is 5.11 Å². The van der Waals surface area contributed by atoms with Crippen molar-refractivity contribution in [2.75, 3.05) is 6.54 Å². The third-order valence-electron chi connectivity index (χ3n) is 2.78. The summed E-state index contributed by atoms with van der Waals surface area (Å²) in [6, 6.07) is 4.23. The average Bonchev–Trinajstić information content (AvgIpc) is 2.67. The molecule has 14 heavy (non-hydrogen) atoms. The van der Waals surface area contributed by atoms with E-state index in [1.54, 1.807) is 0 Å². The predicted molar refractivity (Wildman–Crippen MR) is 57.8 cm³/mol. The van der Waals surface area contributed by atoms with Crippen LogP contribution < -0.4 is 5.32 Å². The molecule has 1 aromatic carbocycles. The van der Waals surface area contributed by atoms with Crippen LogP contribution >= 0.6 is 11.6 Å². The number of phenols is 1. The van der Waals surface area contributed by atoms with E-state index >= 15 is 0 Å². The van der Waals surface area contributed by atoms with E-state index in [1.165, 1.54) is 6.42 Å². The molecule has 0 radical (unpaired) electrons. The second-order valence-corrected chi connectivity index (χ2v) is 4.16. The number of phenolic OH excluding ortho intramolecular Hbond substituents is 1. The molecule has 0 aromatic heterocycles. The molecule has 0 saturated carbocycles. The topological polar surface area (TPSA) is 32.3 Å². The quantitative estimate of drug-likeness (QED) is 0.749. The molecule has 1 aliphatic rings. The average molecular weight is 212 g/mol. The van der Waals surface area contributed by atoms with Crippen LogP contribution in [0.25, 0.3) is 0 Å². The molecule has 3 heteroatoms. The molecule has 2 nitrogen and oxygen atoms in total. The van der Waals surface area contributed by atoms with Crippen LogP contribution in [0.1, 0.15) is 30.0 Å². The molecule has 1 aromatic rings. The number of halogens is 1. The van der Waals surface area contributed by atoms with E-state index in [2.05, 4.69) is 5.32 Å². The molecular weight excluding hydrogens is 198 g/mol. The highest BCUT2D eigenvalue weighted by Crippen LogP contribution is 2.36. The van der Waals surface area contributed by atoms with Crippen LogP contribution in [0.3, 0.4) is 0 Å². The summed E-state index contributed by atoms with van der Waals surface area (Å²) >= 11 is 6.09. The minimum Gasteiger partial charge on any atom is -0.506 e. The smallest absolute Gasteiger partial charge is 0.137 e. The Labute approximate surface area is 88.9 Å². The van der Waals surface area contributed by atoms with Gasteiger partial charge in [-0.1, -0.05) is 23.7 Å². The monoisotopic (exact) mass is 211 g/mol. The maximum absolute atomic E-state index is 9.69. The fourth-order valence-corrected chi connectivity index (χ4v) is 2.24. The first-order valence-corrected chi connectivity index (χ1v) is 5.29. The van der Waals surface area contributed by atoms with Gasteiger partial charge < -0.3 is 10.4 Å². The Morgan fingerprint density at radius 3 is 2.93 bits per heavy atom. The lowest BCUT2D eigenvalue weighted by Gasteiger charge is -2.14. The molecule has 2 N–H and O–H groups in total. The molecule has 1 atom stereocenters. The maximum atomic E-state index is 9.69. The van der Waals surface area contributed by atoms with Crippen LogP contribution in [0, 0.1) is 6.92 Å². The SMILES string of the molecule is Cc1ccc(C2CCCN2)c(Cl)c1O. The summed E-state index contributed by atoms with van der Waals surface area (Å²) in [6.45, 7) is 2.89. The lowest BCUT2D eigenvalue weighted by molar-refractivity contribution is 0.469. The molecule has 0 bridgehead atoms. The van der Waals surface area contributed by atoms with E-state index < -0.39 is 0 Å². The molecule has 1 heterocycles. The van der Waals surface area contributed by atoms with Crippen LogP contribution in [0.5, 0.6) is 5.75 Å². The summed E-state index contributed by atoms with van der Waals surface area (Å²) < 4.78 is 0. The van der Waals surface area contributed by atoms with Gasteiger partial charge in [-0.15, -0.1) is 0 Å². The van der Waals surface area contributed by atoms with Crippen molar-refractivity contribution in [1.82, 2.24) is 5.32 Å². The van der Waals surface area contributed by atoms with Crippen LogP contribution in [0.2, 0.25) is 5.02 Å². The van der Waals surface area contributed by atoms with E-state index in [0.717, 1.165) is 24.1 Å². The zero-order chi connectivity index (χ0) is 10.1. The number of aryl methyl sites for hydroxylation is 1. The zero-order valence-corrected chi connectivity index (χ0v) is 8.93. The predicted octanol–water partition coefficient (Wildman–Crippen LogP) is 2.78. The van der Waals surface area contributed by atoms with Crippen molar-refractivity contribution in [2.24, 2.45) is 0 Å². The number of benzene rings is 1. The summed E-state index contributed by atoms with van der Waals surface area (Å²) in [5.41, 5.74) is 1.85. The standard InChI is InChI=1S/C11H14ClNO/c1-7-4-5-8(10(12)11(7)14)9-3-2-6-13-9/h4-5,9,13-14H,2-3,6H2,1H3. The number of nitrogens with one attached hydrogen (secondary N) is 1. The highest BCUT2D eigenvalue weighted by atomic mass is 35.5. The number of aromatic hydroxyl groups is 1. The Morgan fingerprint density at radius 2 is 2.29 bits per heavy atom. The Hall–Kier alpha value is -0.730. The van der Waals surface area contributed by atoms with Gasteiger partial charge in [-0.25, -0.2) is 0 Å². The van der Waals surface area contributed by atoms with Gasteiger partial charge in [0.25, 0.3) is 0 Å². The van der Waals surface area contributed by atoms with Crippen LogP contribution in [-0.4, -0.2) is 11.7 Å². The molecule has 0 amide bonds. The summed E-state index contributed by atoms with van der Waals surface area (Å²) in [4.78, 5) is 0. The van der Waals surface area contributed by atoms with Gasteiger partial charge in [0, 0.05) is 6.04 Å². The molecule has 0 aliphatic carbocycles. The van der Waals surface area contributed by atoms with Crippen molar-refractivity contribution in [3.8, 4) is 5.75 Å². The van der Waals surface area contributed by atoms with Gasteiger partial charge in [0.05, 0.1) is 5.02 Å². The van der Waals surface area contributed by atoms with Crippen molar-refractivity contribution in [1.29, 1.82) is 0 Å². The Bertz CT molecular complexity index is 345. The lowest BCUT2D eigenvalue weighted by atomic mass is 10.0.